The van der Waals surface area contributed by atoms with Crippen molar-refractivity contribution < 1.29 is 5.11 Å². The summed E-state index contributed by atoms with van der Waals surface area (Å²) in [5, 5.41) is 12.2. The van der Waals surface area contributed by atoms with Gasteiger partial charge < -0.3 is 10.8 Å². The highest BCUT2D eigenvalue weighted by atomic mass is 16.3. The number of hydrogen-bond acceptors (Lipinski definition) is 2. The normalized spacial score (nSPS) is 10.7. The Balaban J connectivity index is 2.24. The van der Waals surface area contributed by atoms with Crippen LogP contribution in [-0.4, -0.2) is 5.11 Å². The number of nitrogen functional groups attached to an aromatic ring is 1. The molecule has 0 saturated carbocycles. The number of rotatable bonds is 1. The third-order valence-corrected chi connectivity index (χ3v) is 3.12. The summed E-state index contributed by atoms with van der Waals surface area (Å²) in [6, 6.07) is 19.3. The van der Waals surface area contributed by atoms with Gasteiger partial charge in [0.25, 0.3) is 0 Å². The number of phenolic OH excluding ortho intramolecular Hbond substituents is 1. The largest absolute Gasteiger partial charge is 0.507 e. The highest BCUT2D eigenvalue weighted by Crippen LogP contribution is 2.35. The van der Waals surface area contributed by atoms with E-state index in [0.29, 0.717) is 5.75 Å². The number of benzene rings is 3. The van der Waals surface area contributed by atoms with Crippen LogP contribution in [-0.2, 0) is 0 Å². The molecule has 0 heterocycles. The zero-order valence-electron chi connectivity index (χ0n) is 9.80. The lowest BCUT2D eigenvalue weighted by molar-refractivity contribution is 0.483. The lowest BCUT2D eigenvalue weighted by Gasteiger charge is -2.08. The van der Waals surface area contributed by atoms with E-state index in [1.165, 1.54) is 0 Å². The number of nitrogens with two attached hydrogens (primary N) is 1. The fourth-order valence-electron chi connectivity index (χ4n) is 2.15. The van der Waals surface area contributed by atoms with Crippen molar-refractivity contribution >= 4 is 16.5 Å². The summed E-state index contributed by atoms with van der Waals surface area (Å²) < 4.78 is 0. The molecule has 3 aromatic carbocycles. The zero-order chi connectivity index (χ0) is 12.5. The number of phenols is 1. The first-order valence-electron chi connectivity index (χ1n) is 5.82. The van der Waals surface area contributed by atoms with Crippen molar-refractivity contribution in [2.24, 2.45) is 0 Å². The summed E-state index contributed by atoms with van der Waals surface area (Å²) in [6.45, 7) is 0. The van der Waals surface area contributed by atoms with E-state index in [1.807, 2.05) is 60.7 Å². The Bertz CT molecular complexity index is 702. The molecule has 0 unspecified atom stereocenters. The first-order chi connectivity index (χ1) is 8.75. The molecule has 18 heavy (non-hydrogen) atoms. The predicted molar refractivity (Wildman–Crippen MR) is 75.5 cm³/mol. The summed E-state index contributed by atoms with van der Waals surface area (Å²) in [7, 11) is 0. The molecule has 0 amide bonds. The average molecular weight is 235 g/mol. The predicted octanol–water partition coefficient (Wildman–Crippen LogP) is 3.79. The Hall–Kier alpha value is -2.48. The molecule has 0 fully saturated rings. The minimum absolute atomic E-state index is 0.317. The van der Waals surface area contributed by atoms with E-state index in [-0.39, 0.29) is 0 Å². The molecule has 3 aromatic rings. The van der Waals surface area contributed by atoms with Crippen molar-refractivity contribution in [2.75, 3.05) is 5.73 Å². The van der Waals surface area contributed by atoms with Gasteiger partial charge in [0.15, 0.2) is 0 Å². The smallest absolute Gasteiger partial charge is 0.131 e. The third-order valence-electron chi connectivity index (χ3n) is 3.12. The van der Waals surface area contributed by atoms with Crippen molar-refractivity contribution in [1.29, 1.82) is 0 Å². The maximum atomic E-state index is 10.3. The van der Waals surface area contributed by atoms with Gasteiger partial charge >= 0.3 is 0 Å². The van der Waals surface area contributed by atoms with Crippen molar-refractivity contribution in [3.63, 3.8) is 0 Å². The monoisotopic (exact) mass is 235 g/mol. The van der Waals surface area contributed by atoms with Crippen LogP contribution in [0, 0.1) is 0 Å². The van der Waals surface area contributed by atoms with E-state index in [4.69, 9.17) is 5.73 Å². The molecule has 0 saturated heterocycles. The van der Waals surface area contributed by atoms with Crippen LogP contribution < -0.4 is 5.73 Å². The molecule has 3 N–H and O–H groups in total. The second kappa shape index (κ2) is 4.08. The Labute approximate surface area is 105 Å². The maximum Gasteiger partial charge on any atom is 0.131 e. The van der Waals surface area contributed by atoms with Gasteiger partial charge in [-0.1, -0.05) is 48.5 Å². The Morgan fingerprint density at radius 3 is 2.28 bits per heavy atom. The molecular weight excluding hydrogens is 222 g/mol. The molecular formula is C16H13NO. The fraction of sp³-hybridized carbons (Fsp3) is 0. The molecule has 2 heteroatoms. The molecule has 0 bridgehead atoms. The highest BCUT2D eigenvalue weighted by Gasteiger charge is 2.07. The van der Waals surface area contributed by atoms with Crippen LogP contribution in [0.2, 0.25) is 0 Å². The number of anilines is 1. The molecule has 2 nitrogen and oxygen atoms in total. The Kier molecular flexibility index (Phi) is 2.41. The SMILES string of the molecule is Nc1ccc(-c2ccc3ccccc3c2O)cc1. The van der Waals surface area contributed by atoms with E-state index in [9.17, 15) is 5.11 Å². The summed E-state index contributed by atoms with van der Waals surface area (Å²) in [6.07, 6.45) is 0. The average Bonchev–Trinajstić information content (AvgIpc) is 2.41. The molecule has 0 radical (unpaired) electrons. The van der Waals surface area contributed by atoms with E-state index < -0.39 is 0 Å². The van der Waals surface area contributed by atoms with E-state index in [2.05, 4.69) is 0 Å². The van der Waals surface area contributed by atoms with Gasteiger partial charge in [-0.2, -0.15) is 0 Å². The molecule has 0 aliphatic rings. The van der Waals surface area contributed by atoms with Gasteiger partial charge in [-0.25, -0.2) is 0 Å². The van der Waals surface area contributed by atoms with Crippen LogP contribution in [0.1, 0.15) is 0 Å². The van der Waals surface area contributed by atoms with Crippen LogP contribution in [0.3, 0.4) is 0 Å². The minimum Gasteiger partial charge on any atom is -0.507 e. The summed E-state index contributed by atoms with van der Waals surface area (Å²) in [4.78, 5) is 0. The minimum atomic E-state index is 0.317. The first-order valence-corrected chi connectivity index (χ1v) is 5.82. The standard InChI is InChI=1S/C16H13NO/c17-13-8-5-12(6-9-13)15-10-7-11-3-1-2-4-14(11)16(15)18/h1-10,18H,17H2. The Morgan fingerprint density at radius 1 is 0.778 bits per heavy atom. The van der Waals surface area contributed by atoms with Gasteiger partial charge in [0.2, 0.25) is 0 Å². The summed E-state index contributed by atoms with van der Waals surface area (Å²) in [5.74, 6) is 0.317. The van der Waals surface area contributed by atoms with Crippen LogP contribution in [0.4, 0.5) is 5.69 Å². The van der Waals surface area contributed by atoms with Gasteiger partial charge in [0.1, 0.15) is 5.75 Å². The van der Waals surface area contributed by atoms with Crippen molar-refractivity contribution in [2.45, 2.75) is 0 Å². The summed E-state index contributed by atoms with van der Waals surface area (Å²) in [5.41, 5.74) is 8.18. The van der Waals surface area contributed by atoms with E-state index >= 15 is 0 Å². The third kappa shape index (κ3) is 1.68. The summed E-state index contributed by atoms with van der Waals surface area (Å²) >= 11 is 0. The van der Waals surface area contributed by atoms with Crippen molar-refractivity contribution in [1.82, 2.24) is 0 Å². The lowest BCUT2D eigenvalue weighted by atomic mass is 9.99. The number of hydrogen-bond donors (Lipinski definition) is 2. The fourth-order valence-corrected chi connectivity index (χ4v) is 2.15. The van der Waals surface area contributed by atoms with Crippen LogP contribution in [0.25, 0.3) is 21.9 Å². The van der Waals surface area contributed by atoms with Gasteiger partial charge in [-0.05, 0) is 23.1 Å². The Morgan fingerprint density at radius 2 is 1.50 bits per heavy atom. The van der Waals surface area contributed by atoms with Gasteiger partial charge in [0.05, 0.1) is 0 Å². The maximum absolute atomic E-state index is 10.3. The number of aromatic hydroxyl groups is 1. The topological polar surface area (TPSA) is 46.2 Å². The number of fused-ring (bicyclic) bond motifs is 1. The second-order valence-corrected chi connectivity index (χ2v) is 4.30. The van der Waals surface area contributed by atoms with Crippen LogP contribution in [0.15, 0.2) is 60.7 Å². The quantitative estimate of drug-likeness (QED) is 0.630. The molecule has 3 rings (SSSR count). The van der Waals surface area contributed by atoms with Crippen LogP contribution >= 0.6 is 0 Å². The van der Waals surface area contributed by atoms with Gasteiger partial charge in [-0.3, -0.25) is 0 Å². The molecule has 0 atom stereocenters. The molecule has 0 aliphatic carbocycles. The molecule has 0 aliphatic heterocycles. The van der Waals surface area contributed by atoms with Gasteiger partial charge in [0, 0.05) is 16.6 Å². The lowest BCUT2D eigenvalue weighted by Crippen LogP contribution is -1.85. The van der Waals surface area contributed by atoms with E-state index in [1.54, 1.807) is 0 Å². The van der Waals surface area contributed by atoms with Crippen molar-refractivity contribution in [3.05, 3.63) is 60.7 Å². The van der Waals surface area contributed by atoms with E-state index in [0.717, 1.165) is 27.6 Å². The second-order valence-electron chi connectivity index (χ2n) is 4.30. The van der Waals surface area contributed by atoms with Crippen molar-refractivity contribution in [3.8, 4) is 16.9 Å². The molecule has 0 aromatic heterocycles. The van der Waals surface area contributed by atoms with Gasteiger partial charge in [-0.15, -0.1) is 0 Å². The van der Waals surface area contributed by atoms with Crippen LogP contribution in [0.5, 0.6) is 5.75 Å². The molecule has 0 spiro atoms. The molecule has 88 valence electrons. The highest BCUT2D eigenvalue weighted by molar-refractivity contribution is 5.94. The first kappa shape index (κ1) is 10.7. The zero-order valence-corrected chi connectivity index (χ0v) is 9.80.